The predicted octanol–water partition coefficient (Wildman–Crippen LogP) is 4.37. The van der Waals surface area contributed by atoms with Crippen LogP contribution >= 0.6 is 0 Å². The third kappa shape index (κ3) is 3.93. The first-order valence-corrected chi connectivity index (χ1v) is 10.7. The van der Waals surface area contributed by atoms with Crippen LogP contribution in [0.3, 0.4) is 0 Å². The second-order valence-electron chi connectivity index (χ2n) is 6.51. The summed E-state index contributed by atoms with van der Waals surface area (Å²) < 4.78 is 19.6. The van der Waals surface area contributed by atoms with Gasteiger partial charge in [-0.25, -0.2) is 8.89 Å². The number of aromatic nitrogens is 3. The molecule has 142 valence electrons. The first-order valence-electron chi connectivity index (χ1n) is 9.16. The SMILES string of the molecule is CCCC(C)S(=O)(=NC(=O)CC)c1ccc2nn(-c3cccnc3)cc2c1. The summed E-state index contributed by atoms with van der Waals surface area (Å²) in [5.41, 5.74) is 1.63. The van der Waals surface area contributed by atoms with Crippen LogP contribution in [0.1, 0.15) is 40.0 Å². The highest BCUT2D eigenvalue weighted by Crippen LogP contribution is 2.26. The maximum Gasteiger partial charge on any atom is 0.253 e. The molecule has 6 nitrogen and oxygen atoms in total. The highest BCUT2D eigenvalue weighted by Gasteiger charge is 2.23. The van der Waals surface area contributed by atoms with Gasteiger partial charge in [-0.15, -0.1) is 0 Å². The molecule has 0 radical (unpaired) electrons. The van der Waals surface area contributed by atoms with Crippen LogP contribution in [-0.2, 0) is 14.5 Å². The topological polar surface area (TPSA) is 77.2 Å². The van der Waals surface area contributed by atoms with Gasteiger partial charge in [-0.3, -0.25) is 9.78 Å². The molecule has 3 aromatic rings. The van der Waals surface area contributed by atoms with Crippen molar-refractivity contribution in [2.45, 2.75) is 50.2 Å². The molecule has 3 rings (SSSR count). The second kappa shape index (κ2) is 8.00. The Balaban J connectivity index is 2.12. The molecule has 2 unspecified atom stereocenters. The van der Waals surface area contributed by atoms with Crippen LogP contribution < -0.4 is 0 Å². The molecule has 0 bridgehead atoms. The first-order chi connectivity index (χ1) is 13.0. The number of hydrogen-bond donors (Lipinski definition) is 0. The summed E-state index contributed by atoms with van der Waals surface area (Å²) in [7, 11) is -2.84. The number of carbonyl (C=O) groups excluding carboxylic acids is 1. The summed E-state index contributed by atoms with van der Waals surface area (Å²) in [5.74, 6) is -0.325. The maximum atomic E-state index is 13.7. The van der Waals surface area contributed by atoms with Gasteiger partial charge in [0.05, 0.1) is 27.1 Å². The lowest BCUT2D eigenvalue weighted by molar-refractivity contribution is -0.117. The van der Waals surface area contributed by atoms with E-state index in [0.29, 0.717) is 4.90 Å². The van der Waals surface area contributed by atoms with Gasteiger partial charge in [0, 0.05) is 34.3 Å². The Hall–Kier alpha value is -2.54. The fourth-order valence-corrected chi connectivity index (χ4v) is 5.26. The lowest BCUT2D eigenvalue weighted by atomic mass is 10.2. The lowest BCUT2D eigenvalue weighted by Gasteiger charge is -2.17. The minimum Gasteiger partial charge on any atom is -0.272 e. The fourth-order valence-electron chi connectivity index (χ4n) is 2.96. The maximum absolute atomic E-state index is 13.7. The summed E-state index contributed by atoms with van der Waals surface area (Å²) in [4.78, 5) is 16.7. The minimum absolute atomic E-state index is 0.205. The molecule has 0 saturated heterocycles. The van der Waals surface area contributed by atoms with Crippen molar-refractivity contribution >= 4 is 26.5 Å². The zero-order chi connectivity index (χ0) is 19.4. The van der Waals surface area contributed by atoms with Gasteiger partial charge in [0.25, 0.3) is 5.91 Å². The van der Waals surface area contributed by atoms with E-state index in [9.17, 15) is 9.00 Å². The number of amides is 1. The van der Waals surface area contributed by atoms with E-state index in [1.54, 1.807) is 30.1 Å². The van der Waals surface area contributed by atoms with Crippen molar-refractivity contribution in [3.8, 4) is 5.69 Å². The highest BCUT2D eigenvalue weighted by molar-refractivity contribution is 7.94. The zero-order valence-corrected chi connectivity index (χ0v) is 16.6. The molecular formula is C20H24N4O2S. The Morgan fingerprint density at radius 2 is 2.11 bits per heavy atom. The summed E-state index contributed by atoms with van der Waals surface area (Å²) in [6, 6.07) is 9.23. The number of rotatable bonds is 6. The third-order valence-electron chi connectivity index (χ3n) is 4.50. The molecule has 2 heterocycles. The van der Waals surface area contributed by atoms with Gasteiger partial charge in [-0.2, -0.15) is 9.46 Å². The van der Waals surface area contributed by atoms with E-state index in [0.717, 1.165) is 29.4 Å². The van der Waals surface area contributed by atoms with Crippen LogP contribution in [0.5, 0.6) is 0 Å². The molecular weight excluding hydrogens is 360 g/mol. The van der Waals surface area contributed by atoms with Gasteiger partial charge < -0.3 is 0 Å². The molecule has 0 aliphatic heterocycles. The Kier molecular flexibility index (Phi) is 5.70. The van der Waals surface area contributed by atoms with Crippen LogP contribution in [-0.4, -0.2) is 30.1 Å². The van der Waals surface area contributed by atoms with E-state index in [1.807, 2.05) is 44.3 Å². The first kappa shape index (κ1) is 19.2. The van der Waals surface area contributed by atoms with Crippen LogP contribution in [0.2, 0.25) is 0 Å². The van der Waals surface area contributed by atoms with E-state index >= 15 is 0 Å². The van der Waals surface area contributed by atoms with Gasteiger partial charge in [-0.1, -0.05) is 20.3 Å². The van der Waals surface area contributed by atoms with Crippen molar-refractivity contribution in [3.63, 3.8) is 0 Å². The number of carbonyl (C=O) groups is 1. The van der Waals surface area contributed by atoms with Crippen molar-refractivity contribution in [3.05, 3.63) is 48.9 Å². The summed E-state index contributed by atoms with van der Waals surface area (Å²) in [6.07, 6.45) is 7.19. The van der Waals surface area contributed by atoms with Crippen molar-refractivity contribution in [2.24, 2.45) is 4.36 Å². The number of nitrogens with zero attached hydrogens (tertiary/aromatic N) is 4. The number of benzene rings is 1. The average Bonchev–Trinajstić information content (AvgIpc) is 3.12. The Morgan fingerprint density at radius 3 is 2.78 bits per heavy atom. The molecule has 0 N–H and O–H groups in total. The van der Waals surface area contributed by atoms with E-state index in [1.165, 1.54) is 0 Å². The van der Waals surface area contributed by atoms with Crippen molar-refractivity contribution < 1.29 is 9.00 Å². The molecule has 0 spiro atoms. The Morgan fingerprint density at radius 1 is 1.30 bits per heavy atom. The van der Waals surface area contributed by atoms with Crippen LogP contribution in [0.25, 0.3) is 16.6 Å². The molecule has 1 aromatic carbocycles. The van der Waals surface area contributed by atoms with Crippen LogP contribution in [0, 0.1) is 0 Å². The molecule has 2 aromatic heterocycles. The lowest BCUT2D eigenvalue weighted by Crippen LogP contribution is -2.19. The zero-order valence-electron chi connectivity index (χ0n) is 15.8. The average molecular weight is 385 g/mol. The molecule has 1 amide bonds. The Labute approximate surface area is 159 Å². The summed E-state index contributed by atoms with van der Waals surface area (Å²) in [5, 5.41) is 5.20. The Bertz CT molecular complexity index is 1070. The quantitative estimate of drug-likeness (QED) is 0.632. The molecule has 7 heteroatoms. The van der Waals surface area contributed by atoms with Crippen LogP contribution in [0.4, 0.5) is 0 Å². The summed E-state index contributed by atoms with van der Waals surface area (Å²) >= 11 is 0. The summed E-state index contributed by atoms with van der Waals surface area (Å²) in [6.45, 7) is 5.68. The van der Waals surface area contributed by atoms with E-state index in [4.69, 9.17) is 0 Å². The molecule has 0 aliphatic carbocycles. The van der Waals surface area contributed by atoms with Gasteiger partial charge in [-0.05, 0) is 43.7 Å². The predicted molar refractivity (Wildman–Crippen MR) is 107 cm³/mol. The van der Waals surface area contributed by atoms with Crippen molar-refractivity contribution in [1.29, 1.82) is 0 Å². The van der Waals surface area contributed by atoms with Gasteiger partial charge >= 0.3 is 0 Å². The number of pyridine rings is 1. The monoisotopic (exact) mass is 384 g/mol. The van der Waals surface area contributed by atoms with Gasteiger partial charge in [0.2, 0.25) is 0 Å². The minimum atomic E-state index is -2.84. The standard InChI is InChI=1S/C20H24N4O2S/c1-4-7-15(3)27(26,23-20(25)5-2)18-9-10-19-16(12-18)14-24(22-19)17-8-6-11-21-13-17/h6,8-15H,4-5,7H2,1-3H3. The molecule has 2 atom stereocenters. The van der Waals surface area contributed by atoms with E-state index < -0.39 is 9.73 Å². The third-order valence-corrected chi connectivity index (χ3v) is 7.24. The second-order valence-corrected chi connectivity index (χ2v) is 9.11. The highest BCUT2D eigenvalue weighted by atomic mass is 32.2. The number of fused-ring (bicyclic) bond motifs is 1. The molecule has 0 saturated carbocycles. The van der Waals surface area contributed by atoms with E-state index in [-0.39, 0.29) is 17.6 Å². The largest absolute Gasteiger partial charge is 0.272 e. The van der Waals surface area contributed by atoms with Gasteiger partial charge in [0.1, 0.15) is 0 Å². The molecule has 0 fully saturated rings. The smallest absolute Gasteiger partial charge is 0.253 e. The van der Waals surface area contributed by atoms with E-state index in [2.05, 4.69) is 14.4 Å². The molecule has 27 heavy (non-hydrogen) atoms. The fraction of sp³-hybridized carbons (Fsp3) is 0.350. The molecule has 0 aliphatic rings. The van der Waals surface area contributed by atoms with Crippen molar-refractivity contribution in [2.75, 3.05) is 0 Å². The van der Waals surface area contributed by atoms with Crippen LogP contribution in [0.15, 0.2) is 58.2 Å². The number of hydrogen-bond acceptors (Lipinski definition) is 4. The van der Waals surface area contributed by atoms with Gasteiger partial charge in [0.15, 0.2) is 0 Å². The van der Waals surface area contributed by atoms with Crippen molar-refractivity contribution in [1.82, 2.24) is 14.8 Å². The normalized spacial score (nSPS) is 14.6.